The predicted octanol–water partition coefficient (Wildman–Crippen LogP) is 4.51. The third-order valence-corrected chi connectivity index (χ3v) is 4.68. The lowest BCUT2D eigenvalue weighted by atomic mass is 9.90. The van der Waals surface area contributed by atoms with Crippen LogP contribution in [-0.2, 0) is 11.2 Å². The zero-order valence-electron chi connectivity index (χ0n) is 13.4. The van der Waals surface area contributed by atoms with E-state index < -0.39 is 0 Å². The lowest BCUT2D eigenvalue weighted by molar-refractivity contribution is -0.137. The van der Waals surface area contributed by atoms with Crippen LogP contribution in [0.25, 0.3) is 0 Å². The van der Waals surface area contributed by atoms with Gasteiger partial charge in [0.1, 0.15) is 5.82 Å². The van der Waals surface area contributed by atoms with Gasteiger partial charge >= 0.3 is 0 Å². The molecule has 3 rings (SSSR count). The Labute approximate surface area is 136 Å². The Kier molecular flexibility index (Phi) is 4.75. The molecule has 1 fully saturated rings. The fourth-order valence-electron chi connectivity index (χ4n) is 3.51. The van der Waals surface area contributed by atoms with Crippen LogP contribution in [0, 0.1) is 5.82 Å². The van der Waals surface area contributed by atoms with Gasteiger partial charge in [0.2, 0.25) is 5.91 Å². The van der Waals surface area contributed by atoms with Crippen molar-refractivity contribution in [1.82, 2.24) is 4.90 Å². The maximum atomic E-state index is 13.9. The zero-order chi connectivity index (χ0) is 16.2. The number of hydrogen-bond donors (Lipinski definition) is 0. The first kappa shape index (κ1) is 15.7. The zero-order valence-corrected chi connectivity index (χ0v) is 13.4. The van der Waals surface area contributed by atoms with Gasteiger partial charge in [-0.2, -0.15) is 0 Å². The van der Waals surface area contributed by atoms with E-state index in [9.17, 15) is 9.18 Å². The van der Waals surface area contributed by atoms with E-state index in [1.165, 1.54) is 11.6 Å². The molecular formula is C20H22FNO. The highest BCUT2D eigenvalue weighted by atomic mass is 19.1. The highest BCUT2D eigenvalue weighted by molar-refractivity contribution is 5.79. The third kappa shape index (κ3) is 3.44. The van der Waals surface area contributed by atoms with Crippen LogP contribution in [-0.4, -0.2) is 16.8 Å². The maximum Gasteiger partial charge on any atom is 0.227 e. The summed E-state index contributed by atoms with van der Waals surface area (Å²) in [4.78, 5) is 14.8. The van der Waals surface area contributed by atoms with Gasteiger partial charge < -0.3 is 4.90 Å². The van der Waals surface area contributed by atoms with Crippen molar-refractivity contribution < 1.29 is 9.18 Å². The van der Waals surface area contributed by atoms with Crippen molar-refractivity contribution in [2.24, 2.45) is 0 Å². The van der Waals surface area contributed by atoms with E-state index in [1.807, 2.05) is 23.1 Å². The Hall–Kier alpha value is -2.16. The Balaban J connectivity index is 1.84. The summed E-state index contributed by atoms with van der Waals surface area (Å²) in [6, 6.07) is 17.0. The van der Waals surface area contributed by atoms with E-state index in [-0.39, 0.29) is 30.2 Å². The van der Waals surface area contributed by atoms with Crippen molar-refractivity contribution >= 4 is 5.91 Å². The molecule has 0 aromatic heterocycles. The molecule has 0 aliphatic carbocycles. The number of rotatable bonds is 3. The lowest BCUT2D eigenvalue weighted by Crippen LogP contribution is -2.45. The largest absolute Gasteiger partial charge is 0.333 e. The summed E-state index contributed by atoms with van der Waals surface area (Å²) in [5.74, 6) is -0.294. The second-order valence-corrected chi connectivity index (χ2v) is 6.28. The number of carbonyl (C=O) groups excluding carboxylic acids is 1. The molecule has 2 nitrogen and oxygen atoms in total. The van der Waals surface area contributed by atoms with Crippen molar-refractivity contribution in [3.05, 3.63) is 71.5 Å². The van der Waals surface area contributed by atoms with Crippen LogP contribution in [0.5, 0.6) is 0 Å². The van der Waals surface area contributed by atoms with Gasteiger partial charge in [-0.05, 0) is 43.4 Å². The second kappa shape index (κ2) is 6.95. The summed E-state index contributed by atoms with van der Waals surface area (Å²) in [5, 5.41) is 0. The first-order valence-corrected chi connectivity index (χ1v) is 8.26. The van der Waals surface area contributed by atoms with Gasteiger partial charge in [-0.15, -0.1) is 0 Å². The number of carbonyl (C=O) groups is 1. The molecule has 2 unspecified atom stereocenters. The Morgan fingerprint density at radius 2 is 1.78 bits per heavy atom. The molecule has 1 heterocycles. The number of hydrogen-bond acceptors (Lipinski definition) is 1. The molecule has 0 saturated carbocycles. The van der Waals surface area contributed by atoms with Crippen molar-refractivity contribution in [1.29, 1.82) is 0 Å². The smallest absolute Gasteiger partial charge is 0.227 e. The molecule has 2 aromatic carbocycles. The molecule has 23 heavy (non-hydrogen) atoms. The molecule has 0 radical (unpaired) electrons. The van der Waals surface area contributed by atoms with E-state index in [0.717, 1.165) is 19.3 Å². The Morgan fingerprint density at radius 1 is 1.09 bits per heavy atom. The molecule has 3 heteroatoms. The molecule has 1 amide bonds. The third-order valence-electron chi connectivity index (χ3n) is 4.68. The molecule has 0 N–H and O–H groups in total. The molecule has 2 aromatic rings. The van der Waals surface area contributed by atoms with Gasteiger partial charge in [-0.3, -0.25) is 4.79 Å². The number of piperidine rings is 1. The highest BCUT2D eigenvalue weighted by Crippen LogP contribution is 2.34. The predicted molar refractivity (Wildman–Crippen MR) is 89.4 cm³/mol. The minimum Gasteiger partial charge on any atom is -0.333 e. The number of nitrogens with zero attached hydrogens (tertiary/aromatic N) is 1. The fraction of sp³-hybridized carbons (Fsp3) is 0.350. The highest BCUT2D eigenvalue weighted by Gasteiger charge is 2.32. The van der Waals surface area contributed by atoms with Gasteiger partial charge in [0.15, 0.2) is 0 Å². The first-order valence-electron chi connectivity index (χ1n) is 8.26. The van der Waals surface area contributed by atoms with Crippen LogP contribution in [0.3, 0.4) is 0 Å². The van der Waals surface area contributed by atoms with Gasteiger partial charge in [0, 0.05) is 6.04 Å². The van der Waals surface area contributed by atoms with E-state index in [1.54, 1.807) is 18.2 Å². The van der Waals surface area contributed by atoms with Crippen LogP contribution in [0.4, 0.5) is 4.39 Å². The van der Waals surface area contributed by atoms with Crippen molar-refractivity contribution in [3.8, 4) is 0 Å². The summed E-state index contributed by atoms with van der Waals surface area (Å²) >= 11 is 0. The standard InChI is InChI=1S/C20H22FNO/c1-15-8-7-13-19(16-9-3-2-4-10-16)22(15)20(23)14-17-11-5-6-12-18(17)21/h2-6,9-12,15,19H,7-8,13-14H2,1H3. The molecule has 1 aliphatic rings. The number of benzene rings is 2. The normalized spacial score (nSPS) is 21.2. The van der Waals surface area contributed by atoms with Crippen molar-refractivity contribution in [2.75, 3.05) is 0 Å². The summed E-state index contributed by atoms with van der Waals surface area (Å²) in [6.07, 6.45) is 3.22. The molecule has 1 saturated heterocycles. The molecular weight excluding hydrogens is 289 g/mol. The average Bonchev–Trinajstić information content (AvgIpc) is 2.57. The number of amides is 1. The Morgan fingerprint density at radius 3 is 2.52 bits per heavy atom. The molecule has 120 valence electrons. The second-order valence-electron chi connectivity index (χ2n) is 6.28. The SMILES string of the molecule is CC1CCCC(c2ccccc2)N1C(=O)Cc1ccccc1F. The van der Waals surface area contributed by atoms with Crippen molar-refractivity contribution in [2.45, 2.75) is 44.7 Å². The minimum absolute atomic E-state index is 0.0103. The monoisotopic (exact) mass is 311 g/mol. The van der Waals surface area contributed by atoms with Crippen LogP contribution >= 0.6 is 0 Å². The van der Waals surface area contributed by atoms with Crippen LogP contribution < -0.4 is 0 Å². The maximum absolute atomic E-state index is 13.9. The van der Waals surface area contributed by atoms with Crippen LogP contribution in [0.2, 0.25) is 0 Å². The van der Waals surface area contributed by atoms with Gasteiger partial charge in [0.25, 0.3) is 0 Å². The summed E-state index contributed by atoms with van der Waals surface area (Å²) in [5.41, 5.74) is 1.64. The molecule has 1 aliphatic heterocycles. The quantitative estimate of drug-likeness (QED) is 0.816. The van der Waals surface area contributed by atoms with Gasteiger partial charge in [0.05, 0.1) is 12.5 Å². The van der Waals surface area contributed by atoms with Crippen LogP contribution in [0.1, 0.15) is 43.4 Å². The summed E-state index contributed by atoms with van der Waals surface area (Å²) in [7, 11) is 0. The number of likely N-dealkylation sites (tertiary alicyclic amines) is 1. The van der Waals surface area contributed by atoms with Crippen molar-refractivity contribution in [3.63, 3.8) is 0 Å². The minimum atomic E-state index is -0.304. The van der Waals surface area contributed by atoms with Crippen LogP contribution in [0.15, 0.2) is 54.6 Å². The topological polar surface area (TPSA) is 20.3 Å². The Bertz CT molecular complexity index is 670. The molecule has 0 spiro atoms. The number of halogens is 1. The summed E-state index contributed by atoms with van der Waals surface area (Å²) in [6.45, 7) is 2.09. The molecule has 2 atom stereocenters. The van der Waals surface area contributed by atoms with Gasteiger partial charge in [-0.25, -0.2) is 4.39 Å². The lowest BCUT2D eigenvalue weighted by Gasteiger charge is -2.41. The van der Waals surface area contributed by atoms with Gasteiger partial charge in [-0.1, -0.05) is 48.5 Å². The van der Waals surface area contributed by atoms with E-state index in [0.29, 0.717) is 5.56 Å². The summed E-state index contributed by atoms with van der Waals surface area (Å²) < 4.78 is 13.9. The average molecular weight is 311 g/mol. The van der Waals surface area contributed by atoms with E-state index in [2.05, 4.69) is 19.1 Å². The first-order chi connectivity index (χ1) is 11.2. The van der Waals surface area contributed by atoms with E-state index in [4.69, 9.17) is 0 Å². The fourth-order valence-corrected chi connectivity index (χ4v) is 3.51. The molecule has 0 bridgehead atoms. The van der Waals surface area contributed by atoms with E-state index >= 15 is 0 Å².